The van der Waals surface area contributed by atoms with Crippen molar-refractivity contribution in [1.82, 2.24) is 19.8 Å². The summed E-state index contributed by atoms with van der Waals surface area (Å²) < 4.78 is 2.02. The van der Waals surface area contributed by atoms with Crippen molar-refractivity contribution in [2.45, 2.75) is 39.3 Å². The van der Waals surface area contributed by atoms with Crippen molar-refractivity contribution in [2.24, 2.45) is 7.05 Å². The fourth-order valence-electron chi connectivity index (χ4n) is 4.58. The smallest absolute Gasteiger partial charge is 0.255 e. The van der Waals surface area contributed by atoms with Crippen LogP contribution in [0.4, 0.5) is 0 Å². The van der Waals surface area contributed by atoms with Gasteiger partial charge in [-0.05, 0) is 49.1 Å². The van der Waals surface area contributed by atoms with E-state index in [1.54, 1.807) is 4.90 Å². The van der Waals surface area contributed by atoms with Crippen LogP contribution in [0.3, 0.4) is 0 Å². The molecule has 1 atom stereocenters. The zero-order valence-corrected chi connectivity index (χ0v) is 18.3. The Kier molecular flexibility index (Phi) is 4.69. The number of fused-ring (bicyclic) bond motifs is 1. The minimum absolute atomic E-state index is 0.168. The average molecular weight is 428 g/mol. The van der Waals surface area contributed by atoms with E-state index in [4.69, 9.17) is 4.98 Å². The Labute approximate surface area is 186 Å². The number of benzene rings is 2. The van der Waals surface area contributed by atoms with Crippen molar-refractivity contribution < 1.29 is 14.4 Å². The standard InChI is InChI=1S/C25H24N4O3/c1-14-5-4-6-18(15(14)2)23-26-20(13-28(23)3)16-7-8-19-17(11-16)12-29(25(19)32)21-9-10-22(30)27-24(21)31/h4-8,11,13,21H,9-10,12H2,1-3H3,(H,27,30,31). The molecule has 2 aliphatic heterocycles. The molecule has 2 aliphatic rings. The first-order chi connectivity index (χ1) is 15.3. The molecule has 0 spiro atoms. The second-order valence-electron chi connectivity index (χ2n) is 8.58. The predicted octanol–water partition coefficient (Wildman–Crippen LogP) is 3.13. The van der Waals surface area contributed by atoms with Gasteiger partial charge in [0.15, 0.2) is 0 Å². The number of rotatable bonds is 3. The summed E-state index contributed by atoms with van der Waals surface area (Å²) in [7, 11) is 1.98. The SMILES string of the molecule is Cc1cccc(-c2nc(-c3ccc4c(c3)CN(C3CCC(=O)NC3=O)C4=O)cn2C)c1C. The summed E-state index contributed by atoms with van der Waals surface area (Å²) in [6.07, 6.45) is 2.60. The maximum absolute atomic E-state index is 12.9. The second-order valence-corrected chi connectivity index (χ2v) is 8.58. The number of hydrogen-bond acceptors (Lipinski definition) is 4. The van der Waals surface area contributed by atoms with E-state index < -0.39 is 11.9 Å². The van der Waals surface area contributed by atoms with Crippen LogP contribution in [-0.2, 0) is 23.2 Å². The Hall–Kier alpha value is -3.74. The van der Waals surface area contributed by atoms with Crippen LogP contribution >= 0.6 is 0 Å². The van der Waals surface area contributed by atoms with Gasteiger partial charge in [-0.3, -0.25) is 19.7 Å². The minimum Gasteiger partial charge on any atom is -0.333 e. The Balaban J connectivity index is 1.46. The maximum Gasteiger partial charge on any atom is 0.255 e. The number of aromatic nitrogens is 2. The highest BCUT2D eigenvalue weighted by Crippen LogP contribution is 2.32. The molecule has 32 heavy (non-hydrogen) atoms. The number of imide groups is 1. The van der Waals surface area contributed by atoms with E-state index in [9.17, 15) is 14.4 Å². The first kappa shape index (κ1) is 20.2. The zero-order valence-electron chi connectivity index (χ0n) is 18.3. The van der Waals surface area contributed by atoms with Crippen molar-refractivity contribution >= 4 is 17.7 Å². The molecule has 162 valence electrons. The molecule has 0 radical (unpaired) electrons. The van der Waals surface area contributed by atoms with Gasteiger partial charge in [-0.2, -0.15) is 0 Å². The number of nitrogens with zero attached hydrogens (tertiary/aromatic N) is 3. The fourth-order valence-corrected chi connectivity index (χ4v) is 4.58. The van der Waals surface area contributed by atoms with Crippen LogP contribution in [0.2, 0.25) is 0 Å². The minimum atomic E-state index is -0.609. The van der Waals surface area contributed by atoms with E-state index in [1.807, 2.05) is 42.1 Å². The molecule has 7 nitrogen and oxygen atoms in total. The predicted molar refractivity (Wildman–Crippen MR) is 120 cm³/mol. The Bertz CT molecular complexity index is 1290. The van der Waals surface area contributed by atoms with Gasteiger partial charge in [0.25, 0.3) is 5.91 Å². The highest BCUT2D eigenvalue weighted by molar-refractivity contribution is 6.05. The molecule has 0 saturated carbocycles. The van der Waals surface area contributed by atoms with E-state index >= 15 is 0 Å². The number of piperidine rings is 1. The molecule has 1 N–H and O–H groups in total. The summed E-state index contributed by atoms with van der Waals surface area (Å²) in [6.45, 7) is 4.54. The molecular weight excluding hydrogens is 404 g/mol. The molecule has 0 bridgehead atoms. The first-order valence-corrected chi connectivity index (χ1v) is 10.7. The fraction of sp³-hybridized carbons (Fsp3) is 0.280. The van der Waals surface area contributed by atoms with Gasteiger partial charge in [-0.15, -0.1) is 0 Å². The average Bonchev–Trinajstić information content (AvgIpc) is 3.30. The van der Waals surface area contributed by atoms with Gasteiger partial charge in [-0.1, -0.05) is 24.3 Å². The Morgan fingerprint density at radius 1 is 1.06 bits per heavy atom. The van der Waals surface area contributed by atoms with Crippen molar-refractivity contribution in [2.75, 3.05) is 0 Å². The summed E-state index contributed by atoms with van der Waals surface area (Å²) in [5.74, 6) is 0.0408. The van der Waals surface area contributed by atoms with Gasteiger partial charge >= 0.3 is 0 Å². The number of nitrogens with one attached hydrogen (secondary N) is 1. The number of aryl methyl sites for hydroxylation is 2. The summed E-state index contributed by atoms with van der Waals surface area (Å²) in [6, 6.07) is 11.3. The van der Waals surface area contributed by atoms with Crippen LogP contribution in [0.5, 0.6) is 0 Å². The molecule has 0 aliphatic carbocycles. The van der Waals surface area contributed by atoms with Crippen LogP contribution in [0.15, 0.2) is 42.6 Å². The number of amides is 3. The lowest BCUT2D eigenvalue weighted by Gasteiger charge is -2.29. The quantitative estimate of drug-likeness (QED) is 0.650. The van der Waals surface area contributed by atoms with E-state index in [0.29, 0.717) is 18.5 Å². The third kappa shape index (κ3) is 3.21. The molecule has 3 heterocycles. The third-order valence-electron chi connectivity index (χ3n) is 6.54. The molecule has 1 saturated heterocycles. The van der Waals surface area contributed by atoms with Crippen LogP contribution in [-0.4, -0.2) is 38.2 Å². The van der Waals surface area contributed by atoms with Gasteiger partial charge in [0.1, 0.15) is 11.9 Å². The molecule has 1 aromatic heterocycles. The Morgan fingerprint density at radius 2 is 1.88 bits per heavy atom. The van der Waals surface area contributed by atoms with E-state index in [-0.39, 0.29) is 18.2 Å². The zero-order chi connectivity index (χ0) is 22.6. The highest BCUT2D eigenvalue weighted by atomic mass is 16.2. The van der Waals surface area contributed by atoms with Crippen LogP contribution < -0.4 is 5.32 Å². The van der Waals surface area contributed by atoms with Crippen molar-refractivity contribution in [3.05, 3.63) is 64.8 Å². The second kappa shape index (κ2) is 7.44. The number of carbonyl (C=O) groups is 3. The molecular formula is C25H24N4O3. The molecule has 1 unspecified atom stereocenters. The molecule has 7 heteroatoms. The van der Waals surface area contributed by atoms with Crippen molar-refractivity contribution in [3.8, 4) is 22.6 Å². The maximum atomic E-state index is 12.9. The van der Waals surface area contributed by atoms with Gasteiger partial charge in [0, 0.05) is 42.9 Å². The topological polar surface area (TPSA) is 84.3 Å². The van der Waals surface area contributed by atoms with E-state index in [0.717, 1.165) is 28.2 Å². The number of carbonyl (C=O) groups excluding carboxylic acids is 3. The lowest BCUT2D eigenvalue weighted by atomic mass is 10.0. The monoisotopic (exact) mass is 428 g/mol. The molecule has 2 aromatic carbocycles. The normalized spacial score (nSPS) is 18.2. The molecule has 1 fully saturated rings. The van der Waals surface area contributed by atoms with Gasteiger partial charge in [0.05, 0.1) is 5.69 Å². The highest BCUT2D eigenvalue weighted by Gasteiger charge is 2.39. The van der Waals surface area contributed by atoms with E-state index in [1.165, 1.54) is 11.1 Å². The summed E-state index contributed by atoms with van der Waals surface area (Å²) in [5, 5.41) is 2.34. The number of hydrogen-bond donors (Lipinski definition) is 1. The molecule has 3 amide bonds. The lowest BCUT2D eigenvalue weighted by molar-refractivity contribution is -0.136. The molecule has 5 rings (SSSR count). The number of imidazole rings is 1. The van der Waals surface area contributed by atoms with Crippen LogP contribution in [0.1, 0.15) is 39.9 Å². The van der Waals surface area contributed by atoms with Gasteiger partial charge in [0.2, 0.25) is 11.8 Å². The summed E-state index contributed by atoms with van der Waals surface area (Å²) in [5.41, 5.74) is 6.75. The Morgan fingerprint density at radius 3 is 2.66 bits per heavy atom. The van der Waals surface area contributed by atoms with Crippen LogP contribution in [0, 0.1) is 13.8 Å². The summed E-state index contributed by atoms with van der Waals surface area (Å²) >= 11 is 0. The van der Waals surface area contributed by atoms with Gasteiger partial charge in [-0.25, -0.2) is 4.98 Å². The van der Waals surface area contributed by atoms with Gasteiger partial charge < -0.3 is 9.47 Å². The van der Waals surface area contributed by atoms with Crippen molar-refractivity contribution in [1.29, 1.82) is 0 Å². The first-order valence-electron chi connectivity index (χ1n) is 10.7. The van der Waals surface area contributed by atoms with E-state index in [2.05, 4.69) is 31.3 Å². The third-order valence-corrected chi connectivity index (χ3v) is 6.54. The largest absolute Gasteiger partial charge is 0.333 e. The molecule has 3 aromatic rings. The summed E-state index contributed by atoms with van der Waals surface area (Å²) in [4.78, 5) is 43.1. The van der Waals surface area contributed by atoms with Crippen molar-refractivity contribution in [3.63, 3.8) is 0 Å². The van der Waals surface area contributed by atoms with Crippen LogP contribution in [0.25, 0.3) is 22.6 Å². The lowest BCUT2D eigenvalue weighted by Crippen LogP contribution is -2.52.